The molecule has 0 rings (SSSR count). The Hall–Kier alpha value is 10.4. The van der Waals surface area contributed by atoms with Crippen LogP contribution >= 0.6 is 0 Å². The van der Waals surface area contributed by atoms with Gasteiger partial charge in [-0.15, -0.1) is 0 Å². The van der Waals surface area contributed by atoms with Gasteiger partial charge in [0.05, 0.1) is 0 Å². The van der Waals surface area contributed by atoms with E-state index in [1.165, 1.54) is 0 Å². The predicted molar refractivity (Wildman–Crippen MR) is 109 cm³/mol. The summed E-state index contributed by atoms with van der Waals surface area (Å²) in [6.45, 7) is 0. The van der Waals surface area contributed by atoms with E-state index in [9.17, 15) is 0 Å². The van der Waals surface area contributed by atoms with Gasteiger partial charge in [0, 0.05) is 0 Å². The number of hydrogen-bond donors (Lipinski definition) is 0. The molecule has 0 saturated heterocycles. The molecule has 0 heterocycles. The summed E-state index contributed by atoms with van der Waals surface area (Å²) >= 11 is 38.0. The molecule has 19 heavy (non-hydrogen) atoms. The molecule has 0 atom stereocenters. The Morgan fingerprint density at radius 2 is 0.316 bits per heavy atom. The summed E-state index contributed by atoms with van der Waals surface area (Å²) in [6.07, 6.45) is 0. The van der Waals surface area contributed by atoms with Gasteiger partial charge in [-0.05, 0) is 0 Å². The minimum absolute atomic E-state index is 0. The van der Waals surface area contributed by atoms with E-state index in [-0.39, 0.29) is 65.3 Å². The minimum atomic E-state index is 0. The van der Waals surface area contributed by atoms with E-state index >= 15 is 0 Å². The molecule has 0 amide bonds. The molecule has 0 unspecified atom stereocenters. The van der Waals surface area contributed by atoms with Gasteiger partial charge in [-0.1, -0.05) is 0 Å². The van der Waals surface area contributed by atoms with Crippen molar-refractivity contribution in [1.29, 1.82) is 0 Å². The SMILES string of the molecule is [Au+3].[Cu+2].[In+3].[Se]=[SeH-].[Se]=[SeH-].[Se]=[SeH-].[Se]=[SeH-].[Se]=[SeH-].[Se]=[SeH-].[Se]=[SeH-].[Se]=[SeH-]. The Balaban J connectivity index is -0.00000000418. The molecule has 0 N–H and O–H groups in total. The van der Waals surface area contributed by atoms with Gasteiger partial charge in [0.25, 0.3) is 0 Å². The maximum absolute atomic E-state index is 2.56. The summed E-state index contributed by atoms with van der Waals surface area (Å²) < 4.78 is 0. The Morgan fingerprint density at radius 3 is 0.316 bits per heavy atom. The first-order valence-electron chi connectivity index (χ1n) is 1.46. The van der Waals surface area contributed by atoms with E-state index in [0.717, 1.165) is 0 Å². The van der Waals surface area contributed by atoms with Crippen molar-refractivity contribution in [2.75, 3.05) is 0 Å². The fraction of sp³-hybridized carbons (Fsp3) is 0. The molecule has 0 spiro atoms. The zero-order valence-corrected chi connectivity index (χ0v) is 43.1. The van der Waals surface area contributed by atoms with Crippen molar-refractivity contribution in [3.8, 4) is 0 Å². The predicted octanol–water partition coefficient (Wildman–Crippen LogP) is -8.62. The van der Waals surface area contributed by atoms with E-state index < -0.39 is 0 Å². The molecule has 19 heteroatoms. The molecule has 0 saturated carbocycles. The van der Waals surface area contributed by atoms with Gasteiger partial charge in [-0.3, -0.25) is 0 Å². The molecule has 0 bridgehead atoms. The zero-order chi connectivity index (χ0) is 16.0. The van der Waals surface area contributed by atoms with Gasteiger partial charge in [-0.25, -0.2) is 0 Å². The monoisotopic (exact) mass is 1660 g/mol. The van der Waals surface area contributed by atoms with E-state index in [4.69, 9.17) is 0 Å². The maximum atomic E-state index is 2.56. The van der Waals surface area contributed by atoms with Crippen LogP contribution in [0.1, 0.15) is 0 Å². The van der Waals surface area contributed by atoms with Gasteiger partial charge in [0.1, 0.15) is 0 Å². The fourth-order valence-electron chi connectivity index (χ4n) is 0. The molecule has 0 aromatic carbocycles. The fourth-order valence-corrected chi connectivity index (χ4v) is 0. The van der Waals surface area contributed by atoms with E-state index in [1.807, 2.05) is 0 Å². The average Bonchev–Trinajstić information content (AvgIpc) is 2.54. The van der Waals surface area contributed by atoms with Gasteiger partial charge < -0.3 is 0 Å². The quantitative estimate of drug-likeness (QED) is 0.212. The van der Waals surface area contributed by atoms with Crippen LogP contribution in [0.2, 0.25) is 0 Å². The molecule has 0 aliphatic carbocycles. The molecule has 0 aromatic rings. The van der Waals surface area contributed by atoms with Crippen molar-refractivity contribution in [2.24, 2.45) is 0 Å². The molecule has 0 aliphatic rings. The molecule has 0 fully saturated rings. The third-order valence-electron chi connectivity index (χ3n) is 0. The molecule has 1 radical (unpaired) electrons. The van der Waals surface area contributed by atoms with Crippen LogP contribution in [0, 0.1) is 0 Å². The second-order valence-corrected chi connectivity index (χ2v) is 0. The molecule has 0 nitrogen and oxygen atoms in total. The van der Waals surface area contributed by atoms with Gasteiger partial charge in [0.2, 0.25) is 0 Å². The summed E-state index contributed by atoms with van der Waals surface area (Å²) in [5, 5.41) is 0. The van der Waals surface area contributed by atoms with E-state index in [2.05, 4.69) is 218 Å². The Morgan fingerprint density at radius 1 is 0.316 bits per heavy atom. The van der Waals surface area contributed by atoms with Crippen LogP contribution < -0.4 is 0 Å². The van der Waals surface area contributed by atoms with Crippen molar-refractivity contribution in [3.05, 3.63) is 0 Å². The third-order valence-corrected chi connectivity index (χ3v) is 0. The van der Waals surface area contributed by atoms with Crippen LogP contribution in [0.5, 0.6) is 0 Å². The van der Waals surface area contributed by atoms with Crippen molar-refractivity contribution in [2.45, 2.75) is 0 Å². The van der Waals surface area contributed by atoms with Gasteiger partial charge in [-0.2, -0.15) is 0 Å². The van der Waals surface area contributed by atoms with Crippen molar-refractivity contribution in [3.63, 3.8) is 0 Å². The first-order valence-corrected chi connectivity index (χ1v) is 39.4. The van der Waals surface area contributed by atoms with Crippen molar-refractivity contribution < 1.29 is 39.4 Å². The summed E-state index contributed by atoms with van der Waals surface area (Å²) in [6, 6.07) is 0. The summed E-state index contributed by atoms with van der Waals surface area (Å²) in [5.74, 6) is 0. The van der Waals surface area contributed by atoms with Crippen LogP contribution in [0.4, 0.5) is 0 Å². The van der Waals surface area contributed by atoms with Crippen LogP contribution in [0.25, 0.3) is 0 Å². The molecule has 129 valence electrons. The van der Waals surface area contributed by atoms with Crippen LogP contribution in [-0.2, 0) is 39.4 Å². The number of hydrogen-bond acceptors (Lipinski definition) is 0. The second-order valence-electron chi connectivity index (χ2n) is 0. The van der Waals surface area contributed by atoms with Crippen LogP contribution in [0.3, 0.4) is 0 Å². The van der Waals surface area contributed by atoms with Gasteiger partial charge >= 0.3 is 284 Å². The Kier molecular flexibility index (Phi) is 724. The zero-order valence-electron chi connectivity index (χ0n) is 8.02. The standard InChI is InChI=1S/Au.Cu.In.8HSe2/c;;;8*1-2/h;;;8*1H/q+3;+2;+3;8*-1. The Bertz CT molecular complexity index is 40.7. The summed E-state index contributed by atoms with van der Waals surface area (Å²) in [4.78, 5) is 0. The first kappa shape index (κ1) is 70.0. The molecular weight excluding hydrogens is 1640 g/mol. The third kappa shape index (κ3) is 182. The topological polar surface area (TPSA) is 0 Å². The number of rotatable bonds is 0. The van der Waals surface area contributed by atoms with E-state index in [0.29, 0.717) is 0 Å². The Labute approximate surface area is 275 Å². The summed E-state index contributed by atoms with van der Waals surface area (Å²) in [7, 11) is 0. The second kappa shape index (κ2) is 196. The average molecular weight is 1650 g/mol. The molecule has 0 aromatic heterocycles. The molecule has 0 aliphatic heterocycles. The van der Waals surface area contributed by atoms with E-state index in [1.54, 1.807) is 0 Å². The van der Waals surface area contributed by atoms with Crippen LogP contribution in [-0.4, -0.2) is 244 Å². The van der Waals surface area contributed by atoms with Gasteiger partial charge in [0.15, 0.2) is 0 Å². The van der Waals surface area contributed by atoms with Crippen molar-refractivity contribution >= 4 is 244 Å². The van der Waals surface area contributed by atoms with Crippen molar-refractivity contribution in [1.82, 2.24) is 0 Å². The normalized spacial score (nSPS) is 2.11. The molecular formula is H8AuCuInSe16. The first-order chi connectivity index (χ1) is 8.00. The van der Waals surface area contributed by atoms with Crippen LogP contribution in [0.15, 0.2) is 0 Å². The summed E-state index contributed by atoms with van der Waals surface area (Å²) in [5.41, 5.74) is 0.